The first-order valence-corrected chi connectivity index (χ1v) is 8.42. The maximum Gasteiger partial charge on any atom is 0.573 e. The third-order valence-corrected chi connectivity index (χ3v) is 4.45. The van der Waals surface area contributed by atoms with Crippen LogP contribution in [0.3, 0.4) is 0 Å². The summed E-state index contributed by atoms with van der Waals surface area (Å²) in [5, 5.41) is 3.20. The number of rotatable bonds is 5. The monoisotopic (exact) mass is 372 g/mol. The van der Waals surface area contributed by atoms with Crippen molar-refractivity contribution in [2.24, 2.45) is 0 Å². The molecule has 5 nitrogen and oxygen atoms in total. The van der Waals surface area contributed by atoms with Gasteiger partial charge in [-0.1, -0.05) is 12.1 Å². The number of thiazole rings is 1. The lowest BCUT2D eigenvalue weighted by Gasteiger charge is -2.09. The molecule has 1 aromatic heterocycles. The minimum Gasteiger partial charge on any atom is -0.406 e. The molecule has 0 saturated carbocycles. The van der Waals surface area contributed by atoms with Crippen LogP contribution in [0.4, 0.5) is 18.3 Å². The highest BCUT2D eigenvalue weighted by Crippen LogP contribution is 2.25. The topological polar surface area (TPSA) is 60.5 Å². The zero-order valence-corrected chi connectivity index (χ0v) is 13.8. The third kappa shape index (κ3) is 5.17. The molecular weight excluding hydrogens is 357 g/mol. The molecule has 1 aliphatic rings. The van der Waals surface area contributed by atoms with Gasteiger partial charge in [0.2, 0.25) is 0 Å². The molecule has 2 aromatic rings. The van der Waals surface area contributed by atoms with Crippen LogP contribution in [0.25, 0.3) is 0 Å². The summed E-state index contributed by atoms with van der Waals surface area (Å²) in [6.45, 7) is 0.593. The van der Waals surface area contributed by atoms with Crippen LogP contribution in [0.1, 0.15) is 23.3 Å². The number of alkyl halides is 3. The molecule has 1 fully saturated rings. The smallest absolute Gasteiger partial charge is 0.406 e. The van der Waals surface area contributed by atoms with Crippen LogP contribution < -0.4 is 10.1 Å². The quantitative estimate of drug-likeness (QED) is 0.868. The van der Waals surface area contributed by atoms with Gasteiger partial charge in [0.1, 0.15) is 11.9 Å². The van der Waals surface area contributed by atoms with Gasteiger partial charge in [-0.2, -0.15) is 0 Å². The van der Waals surface area contributed by atoms with E-state index in [0.29, 0.717) is 24.6 Å². The van der Waals surface area contributed by atoms with E-state index in [1.807, 2.05) is 0 Å². The Morgan fingerprint density at radius 3 is 2.76 bits per heavy atom. The van der Waals surface area contributed by atoms with Crippen LogP contribution in [-0.4, -0.2) is 30.0 Å². The molecule has 3 rings (SSSR count). The van der Waals surface area contributed by atoms with Crippen molar-refractivity contribution >= 4 is 22.4 Å². The van der Waals surface area contributed by atoms with Crippen LogP contribution >= 0.6 is 11.3 Å². The first-order valence-electron chi connectivity index (χ1n) is 7.61. The largest absolute Gasteiger partial charge is 0.573 e. The summed E-state index contributed by atoms with van der Waals surface area (Å²) in [6.07, 6.45) is -1.41. The Morgan fingerprint density at radius 1 is 1.36 bits per heavy atom. The van der Waals surface area contributed by atoms with Gasteiger partial charge < -0.3 is 9.47 Å². The van der Waals surface area contributed by atoms with Crippen molar-refractivity contribution in [3.05, 3.63) is 40.9 Å². The Bertz CT molecular complexity index is 725. The van der Waals surface area contributed by atoms with Crippen LogP contribution in [-0.2, 0) is 16.0 Å². The van der Waals surface area contributed by atoms with Crippen molar-refractivity contribution in [2.45, 2.75) is 31.7 Å². The van der Waals surface area contributed by atoms with E-state index in [9.17, 15) is 18.0 Å². The minimum atomic E-state index is -4.70. The predicted molar refractivity (Wildman–Crippen MR) is 85.6 cm³/mol. The predicted octanol–water partition coefficient (Wildman–Crippen LogP) is 3.75. The number of nitrogens with zero attached hydrogens (tertiary/aromatic N) is 1. The van der Waals surface area contributed by atoms with E-state index in [2.05, 4.69) is 15.0 Å². The Hall–Kier alpha value is -2.13. The lowest BCUT2D eigenvalue weighted by atomic mass is 10.1. The Balaban J connectivity index is 1.56. The molecule has 1 saturated heterocycles. The molecular formula is C16H15F3N2O3S. The number of benzene rings is 1. The molecule has 1 atom stereocenters. The fourth-order valence-electron chi connectivity index (χ4n) is 2.43. The molecule has 0 aliphatic carbocycles. The number of amides is 1. The maximum atomic E-state index is 12.1. The minimum absolute atomic E-state index is 0.202. The zero-order valence-electron chi connectivity index (χ0n) is 13.0. The Labute approximate surface area is 145 Å². The van der Waals surface area contributed by atoms with E-state index in [1.54, 1.807) is 18.3 Å². The molecule has 1 aliphatic heterocycles. The molecule has 134 valence electrons. The summed E-state index contributed by atoms with van der Waals surface area (Å²) in [4.78, 5) is 17.0. The summed E-state index contributed by atoms with van der Waals surface area (Å²) in [5.74, 6) is -0.461. The fraction of sp³-hybridized carbons (Fsp3) is 0.375. The van der Waals surface area contributed by atoms with E-state index in [-0.39, 0.29) is 11.7 Å². The highest BCUT2D eigenvalue weighted by atomic mass is 32.1. The average molecular weight is 372 g/mol. The standard InChI is InChI=1S/C16H15F3N2O3S/c17-16(18,19)24-11-5-3-10(4-6-11)8-12-9-20-15(25-12)21-14(22)13-2-1-7-23-13/h3-6,9,13H,1-2,7-8H2,(H,20,21,22). The fourth-order valence-corrected chi connectivity index (χ4v) is 3.28. The van der Waals surface area contributed by atoms with E-state index >= 15 is 0 Å². The lowest BCUT2D eigenvalue weighted by molar-refractivity contribution is -0.274. The number of carbonyl (C=O) groups is 1. The van der Waals surface area contributed by atoms with Gasteiger partial charge in [0.15, 0.2) is 5.13 Å². The first kappa shape index (κ1) is 17.7. The van der Waals surface area contributed by atoms with Crippen molar-refractivity contribution in [1.82, 2.24) is 4.98 Å². The highest BCUT2D eigenvalue weighted by molar-refractivity contribution is 7.15. The number of nitrogens with one attached hydrogen (secondary N) is 1. The molecule has 1 amide bonds. The highest BCUT2D eigenvalue weighted by Gasteiger charge is 2.31. The summed E-state index contributed by atoms with van der Waals surface area (Å²) >= 11 is 1.32. The second-order valence-corrected chi connectivity index (χ2v) is 6.61. The number of carbonyl (C=O) groups excluding carboxylic acids is 1. The second kappa shape index (κ2) is 7.40. The van der Waals surface area contributed by atoms with E-state index in [0.717, 1.165) is 16.9 Å². The molecule has 0 bridgehead atoms. The van der Waals surface area contributed by atoms with E-state index < -0.39 is 12.5 Å². The van der Waals surface area contributed by atoms with E-state index in [4.69, 9.17) is 4.74 Å². The normalized spacial score (nSPS) is 17.5. The van der Waals surface area contributed by atoms with Crippen molar-refractivity contribution < 1.29 is 27.4 Å². The zero-order chi connectivity index (χ0) is 17.9. The number of hydrogen-bond acceptors (Lipinski definition) is 5. The molecule has 0 spiro atoms. The van der Waals surface area contributed by atoms with E-state index in [1.165, 1.54) is 23.5 Å². The summed E-state index contributed by atoms with van der Waals surface area (Å²) < 4.78 is 45.5. The Kier molecular flexibility index (Phi) is 5.24. The van der Waals surface area contributed by atoms with Crippen molar-refractivity contribution in [3.8, 4) is 5.75 Å². The van der Waals surface area contributed by atoms with Gasteiger partial charge in [-0.15, -0.1) is 24.5 Å². The molecule has 1 N–H and O–H groups in total. The van der Waals surface area contributed by atoms with Crippen LogP contribution in [0, 0.1) is 0 Å². The van der Waals surface area contributed by atoms with Gasteiger partial charge in [-0.3, -0.25) is 10.1 Å². The average Bonchev–Trinajstić information content (AvgIpc) is 3.20. The van der Waals surface area contributed by atoms with Gasteiger partial charge in [0.05, 0.1) is 0 Å². The molecule has 9 heteroatoms. The van der Waals surface area contributed by atoms with Crippen molar-refractivity contribution in [2.75, 3.05) is 11.9 Å². The molecule has 25 heavy (non-hydrogen) atoms. The second-order valence-electron chi connectivity index (χ2n) is 5.49. The summed E-state index contributed by atoms with van der Waals surface area (Å²) in [6, 6.07) is 5.66. The number of halogens is 3. The molecule has 1 aromatic carbocycles. The van der Waals surface area contributed by atoms with Crippen LogP contribution in [0.5, 0.6) is 5.75 Å². The van der Waals surface area contributed by atoms with Crippen LogP contribution in [0.2, 0.25) is 0 Å². The summed E-state index contributed by atoms with van der Waals surface area (Å²) in [5.41, 5.74) is 0.815. The van der Waals surface area contributed by atoms with Gasteiger partial charge >= 0.3 is 6.36 Å². The SMILES string of the molecule is O=C(Nc1ncc(Cc2ccc(OC(F)(F)F)cc2)s1)C1CCCO1. The maximum absolute atomic E-state index is 12.1. The first-order chi connectivity index (χ1) is 11.9. The molecule has 0 radical (unpaired) electrons. The number of ether oxygens (including phenoxy) is 2. The Morgan fingerprint density at radius 2 is 2.12 bits per heavy atom. The summed E-state index contributed by atoms with van der Waals surface area (Å²) in [7, 11) is 0. The number of aromatic nitrogens is 1. The van der Waals surface area contributed by atoms with Gasteiger partial charge in [-0.25, -0.2) is 4.98 Å². The van der Waals surface area contributed by atoms with Crippen molar-refractivity contribution in [3.63, 3.8) is 0 Å². The molecule has 1 unspecified atom stereocenters. The van der Waals surface area contributed by atoms with Gasteiger partial charge in [0.25, 0.3) is 5.91 Å². The lowest BCUT2D eigenvalue weighted by Crippen LogP contribution is -2.26. The van der Waals surface area contributed by atoms with Crippen molar-refractivity contribution in [1.29, 1.82) is 0 Å². The number of anilines is 1. The van der Waals surface area contributed by atoms with Gasteiger partial charge in [-0.05, 0) is 30.5 Å². The third-order valence-electron chi connectivity index (χ3n) is 3.54. The molecule has 2 heterocycles. The van der Waals surface area contributed by atoms with Gasteiger partial charge in [0, 0.05) is 24.1 Å². The number of hydrogen-bond donors (Lipinski definition) is 1. The van der Waals surface area contributed by atoms with Crippen LogP contribution in [0.15, 0.2) is 30.5 Å².